The van der Waals surface area contributed by atoms with Gasteiger partial charge in [0.2, 0.25) is 10.0 Å². The normalized spacial score (nSPS) is 13.0. The van der Waals surface area contributed by atoms with Gasteiger partial charge in [0.15, 0.2) is 0 Å². The van der Waals surface area contributed by atoms with Crippen molar-refractivity contribution in [2.24, 2.45) is 0 Å². The Bertz CT molecular complexity index is 1320. The Morgan fingerprint density at radius 2 is 1.73 bits per heavy atom. The molecule has 4 rings (SSSR count). The lowest BCUT2D eigenvalue weighted by Crippen LogP contribution is -2.28. The second-order valence-electron chi connectivity index (χ2n) is 7.85. The van der Waals surface area contributed by atoms with Crippen LogP contribution in [0.2, 0.25) is 0 Å². The maximum atomic E-state index is 13.0. The van der Waals surface area contributed by atoms with Crippen LogP contribution in [0.3, 0.4) is 0 Å². The Balaban J connectivity index is 1.50. The fraction of sp³-hybridized carbons (Fsp3) is 0.200. The van der Waals surface area contributed by atoms with Crippen molar-refractivity contribution in [1.82, 2.24) is 4.72 Å². The number of sulfonamides is 1. The zero-order valence-corrected chi connectivity index (χ0v) is 19.3. The molecule has 0 radical (unpaired) electrons. The van der Waals surface area contributed by atoms with Crippen molar-refractivity contribution in [3.8, 4) is 0 Å². The van der Waals surface area contributed by atoms with E-state index in [-0.39, 0.29) is 22.9 Å². The number of amides is 2. The van der Waals surface area contributed by atoms with Crippen LogP contribution in [-0.2, 0) is 16.4 Å². The number of nitrogens with zero attached hydrogens (tertiary/aromatic N) is 1. The Labute approximate surface area is 193 Å². The minimum absolute atomic E-state index is 0.0342. The van der Waals surface area contributed by atoms with Crippen molar-refractivity contribution in [2.45, 2.75) is 25.2 Å². The van der Waals surface area contributed by atoms with Gasteiger partial charge in [-0.1, -0.05) is 31.2 Å². The smallest absolute Gasteiger partial charge is 0.258 e. The molecule has 0 unspecified atom stereocenters. The molecule has 3 aromatic carbocycles. The van der Waals surface area contributed by atoms with Gasteiger partial charge in [-0.05, 0) is 66.9 Å². The molecule has 0 aliphatic carbocycles. The highest BCUT2D eigenvalue weighted by Crippen LogP contribution is 2.29. The van der Waals surface area contributed by atoms with E-state index in [1.807, 2.05) is 24.3 Å². The number of para-hydroxylation sites is 1. The lowest BCUT2D eigenvalue weighted by Gasteiger charge is -2.17. The number of fused-ring (bicyclic) bond motifs is 1. The van der Waals surface area contributed by atoms with Gasteiger partial charge in [-0.3, -0.25) is 9.59 Å². The molecule has 2 N–H and O–H groups in total. The molecule has 0 atom stereocenters. The van der Waals surface area contributed by atoms with Gasteiger partial charge in [-0.25, -0.2) is 13.1 Å². The summed E-state index contributed by atoms with van der Waals surface area (Å²) in [6, 6.07) is 19.0. The monoisotopic (exact) mass is 463 g/mol. The van der Waals surface area contributed by atoms with Crippen molar-refractivity contribution >= 4 is 33.2 Å². The third kappa shape index (κ3) is 4.67. The Morgan fingerprint density at radius 3 is 2.45 bits per heavy atom. The highest BCUT2D eigenvalue weighted by molar-refractivity contribution is 7.89. The number of anilines is 2. The van der Waals surface area contributed by atoms with Gasteiger partial charge in [0.1, 0.15) is 0 Å². The summed E-state index contributed by atoms with van der Waals surface area (Å²) in [6.07, 6.45) is 0.831. The third-order valence-electron chi connectivity index (χ3n) is 5.62. The second kappa shape index (κ2) is 9.17. The number of rotatable bonds is 6. The van der Waals surface area contributed by atoms with Crippen LogP contribution in [-0.4, -0.2) is 33.3 Å². The van der Waals surface area contributed by atoms with Crippen LogP contribution in [0.4, 0.5) is 11.4 Å². The molecule has 0 saturated heterocycles. The first-order valence-corrected chi connectivity index (χ1v) is 12.2. The first-order chi connectivity index (χ1) is 15.8. The van der Waals surface area contributed by atoms with E-state index >= 15 is 0 Å². The van der Waals surface area contributed by atoms with Gasteiger partial charge >= 0.3 is 0 Å². The topological polar surface area (TPSA) is 95.6 Å². The zero-order valence-electron chi connectivity index (χ0n) is 18.5. The second-order valence-corrected chi connectivity index (χ2v) is 9.61. The van der Waals surface area contributed by atoms with Crippen molar-refractivity contribution < 1.29 is 18.0 Å². The molecule has 1 aliphatic rings. The van der Waals surface area contributed by atoms with E-state index in [4.69, 9.17) is 0 Å². The molecule has 1 aliphatic heterocycles. The molecule has 0 fully saturated rings. The first kappa shape index (κ1) is 22.7. The van der Waals surface area contributed by atoms with Gasteiger partial charge < -0.3 is 10.2 Å². The highest BCUT2D eigenvalue weighted by atomic mass is 32.2. The van der Waals surface area contributed by atoms with Gasteiger partial charge in [0.05, 0.1) is 4.90 Å². The molecular formula is C25H25N3O4S. The van der Waals surface area contributed by atoms with Crippen molar-refractivity contribution in [2.75, 3.05) is 23.3 Å². The Hall–Kier alpha value is -3.49. The van der Waals surface area contributed by atoms with Crippen LogP contribution >= 0.6 is 0 Å². The quantitative estimate of drug-likeness (QED) is 0.582. The van der Waals surface area contributed by atoms with Crippen LogP contribution in [0.25, 0.3) is 0 Å². The summed E-state index contributed by atoms with van der Waals surface area (Å²) >= 11 is 0. The number of aryl methyl sites for hydroxylation is 1. The maximum Gasteiger partial charge on any atom is 0.258 e. The Morgan fingerprint density at radius 1 is 1.00 bits per heavy atom. The number of hydrogen-bond acceptors (Lipinski definition) is 4. The third-order valence-corrected chi connectivity index (χ3v) is 7.16. The molecule has 170 valence electrons. The predicted molar refractivity (Wildman–Crippen MR) is 128 cm³/mol. The predicted octanol–water partition coefficient (Wildman–Crippen LogP) is 3.75. The van der Waals surface area contributed by atoms with E-state index in [9.17, 15) is 18.0 Å². The molecule has 0 aromatic heterocycles. The van der Waals surface area contributed by atoms with E-state index in [0.29, 0.717) is 23.4 Å². The highest BCUT2D eigenvalue weighted by Gasteiger charge is 2.25. The minimum Gasteiger partial charge on any atom is -0.322 e. The first-order valence-electron chi connectivity index (χ1n) is 10.7. The standard InChI is InChI=1S/C25H25N3O4S/c1-3-26-33(31,32)21-13-8-17(2)22(16-21)24(29)27-20-11-9-19(10-12-20)25(30)28-15-14-18-6-4-5-7-23(18)28/h4-13,16,26H,3,14-15H2,1-2H3,(H,27,29). The molecule has 2 amide bonds. The van der Waals surface area contributed by atoms with E-state index in [0.717, 1.165) is 17.7 Å². The maximum absolute atomic E-state index is 13.0. The van der Waals surface area contributed by atoms with Gasteiger partial charge in [0, 0.05) is 35.6 Å². The van der Waals surface area contributed by atoms with Crippen LogP contribution < -0.4 is 14.9 Å². The number of carbonyl (C=O) groups excluding carboxylic acids is 2. The fourth-order valence-corrected chi connectivity index (χ4v) is 4.95. The van der Waals surface area contributed by atoms with Crippen LogP contribution in [0.5, 0.6) is 0 Å². The van der Waals surface area contributed by atoms with Gasteiger partial charge in [-0.15, -0.1) is 0 Å². The minimum atomic E-state index is -3.67. The molecular weight excluding hydrogens is 438 g/mol. The van der Waals surface area contributed by atoms with Crippen molar-refractivity contribution in [1.29, 1.82) is 0 Å². The average Bonchev–Trinajstić information content (AvgIpc) is 3.23. The molecule has 7 nitrogen and oxygen atoms in total. The van der Waals surface area contributed by atoms with Crippen LogP contribution in [0.1, 0.15) is 38.8 Å². The lowest BCUT2D eigenvalue weighted by atomic mass is 10.1. The van der Waals surface area contributed by atoms with E-state index in [1.54, 1.807) is 49.1 Å². The summed E-state index contributed by atoms with van der Waals surface area (Å²) in [6.45, 7) is 4.33. The van der Waals surface area contributed by atoms with E-state index < -0.39 is 15.9 Å². The number of benzene rings is 3. The summed E-state index contributed by atoms with van der Waals surface area (Å²) < 4.78 is 27.0. The zero-order chi connectivity index (χ0) is 23.6. The number of hydrogen-bond donors (Lipinski definition) is 2. The van der Waals surface area contributed by atoms with Crippen molar-refractivity contribution in [3.63, 3.8) is 0 Å². The molecule has 0 saturated carbocycles. The molecule has 1 heterocycles. The summed E-state index contributed by atoms with van der Waals surface area (Å²) in [4.78, 5) is 27.6. The van der Waals surface area contributed by atoms with Crippen LogP contribution in [0.15, 0.2) is 71.6 Å². The Kier molecular flexibility index (Phi) is 6.31. The molecule has 33 heavy (non-hydrogen) atoms. The molecule has 3 aromatic rings. The van der Waals surface area contributed by atoms with Gasteiger partial charge in [0.25, 0.3) is 11.8 Å². The molecule has 8 heteroatoms. The summed E-state index contributed by atoms with van der Waals surface area (Å²) in [5.74, 6) is -0.511. The summed E-state index contributed by atoms with van der Waals surface area (Å²) in [7, 11) is -3.67. The van der Waals surface area contributed by atoms with Gasteiger partial charge in [-0.2, -0.15) is 0 Å². The SMILES string of the molecule is CCNS(=O)(=O)c1ccc(C)c(C(=O)Nc2ccc(C(=O)N3CCc4ccccc43)cc2)c1. The summed E-state index contributed by atoms with van der Waals surface area (Å²) in [5, 5.41) is 2.78. The number of nitrogens with one attached hydrogen (secondary N) is 2. The average molecular weight is 464 g/mol. The fourth-order valence-electron chi connectivity index (χ4n) is 3.89. The number of carbonyl (C=O) groups is 2. The van der Waals surface area contributed by atoms with Crippen molar-refractivity contribution in [3.05, 3.63) is 89.0 Å². The molecule has 0 bridgehead atoms. The van der Waals surface area contributed by atoms with Crippen LogP contribution in [0, 0.1) is 6.92 Å². The van der Waals surface area contributed by atoms with E-state index in [2.05, 4.69) is 10.0 Å². The molecule has 0 spiro atoms. The summed E-state index contributed by atoms with van der Waals surface area (Å²) in [5.41, 5.74) is 4.05. The lowest BCUT2D eigenvalue weighted by molar-refractivity contribution is 0.0988. The largest absolute Gasteiger partial charge is 0.322 e. The van der Waals surface area contributed by atoms with E-state index in [1.165, 1.54) is 12.1 Å².